The monoisotopic (exact) mass is 648 g/mol. The zero-order valence-electron chi connectivity index (χ0n) is 23.5. The molecule has 202 valence electrons. The molecule has 41 heavy (non-hydrogen) atoms. The average molecular weight is 651 g/mol. The molecule has 0 N–H and O–H groups in total. The van der Waals surface area contributed by atoms with Crippen molar-refractivity contribution in [1.82, 2.24) is 0 Å². The Morgan fingerprint density at radius 3 is 1.54 bits per heavy atom. The number of rotatable bonds is 4. The maximum absolute atomic E-state index is 2.74. The van der Waals surface area contributed by atoms with Crippen LogP contribution in [-0.4, -0.2) is 3.21 Å². The normalized spacial score (nSPS) is 14.4. The Morgan fingerprint density at radius 2 is 1.00 bits per heavy atom. The van der Waals surface area contributed by atoms with Crippen LogP contribution in [0.2, 0.25) is 0 Å². The molecule has 3 heteroatoms. The van der Waals surface area contributed by atoms with Crippen molar-refractivity contribution in [2.45, 2.75) is 28.0 Å². The predicted octanol–water partition coefficient (Wildman–Crippen LogP) is 3.43. The van der Waals surface area contributed by atoms with E-state index in [0.29, 0.717) is 7.25 Å². The minimum absolute atomic E-state index is 0. The summed E-state index contributed by atoms with van der Waals surface area (Å²) in [4.78, 5) is 0. The van der Waals surface area contributed by atoms with E-state index in [2.05, 4.69) is 148 Å². The topological polar surface area (TPSA) is 0 Å². The first kappa shape index (κ1) is 29.7. The minimum atomic E-state index is -2.74. The Morgan fingerprint density at radius 1 is 0.512 bits per heavy atom. The maximum atomic E-state index is 2.50. The summed E-state index contributed by atoms with van der Waals surface area (Å²) in [6.45, 7) is 6.90. The van der Waals surface area contributed by atoms with Crippen LogP contribution in [0.1, 0.15) is 58.7 Å². The van der Waals surface area contributed by atoms with Gasteiger partial charge in [0.1, 0.15) is 0 Å². The second-order valence-corrected chi connectivity index (χ2v) is 17.4. The molecule has 0 bridgehead atoms. The molecule has 1 atom stereocenters. The van der Waals surface area contributed by atoms with Gasteiger partial charge in [-0.1, -0.05) is 0 Å². The van der Waals surface area contributed by atoms with Gasteiger partial charge in [0.25, 0.3) is 0 Å². The molecule has 0 radical (unpaired) electrons. The third-order valence-corrected chi connectivity index (χ3v) is 17.8. The standard InChI is InChI=1S/C15H13.C13H10.C10H9.2ClH.Zr/c1-10-3-5-14-12(7-10)9-13-8-11(2)4-6-15(13)14;1-3-7-12(8-4-1)11-13-9-5-2-6-10-13;1-8-6-9-4-2-3-5-10(9)7-8;;;/h3-9H,1-2H3;1-10H;2-7H,1H3;2*1H;/q;;;;;+2/p-2. The molecule has 7 rings (SSSR count). The van der Waals surface area contributed by atoms with Crippen LogP contribution < -0.4 is 24.8 Å². The van der Waals surface area contributed by atoms with Gasteiger partial charge in [-0.15, -0.1) is 0 Å². The van der Waals surface area contributed by atoms with Gasteiger partial charge in [0, 0.05) is 0 Å². The van der Waals surface area contributed by atoms with Crippen molar-refractivity contribution in [2.24, 2.45) is 0 Å². The smallest absolute Gasteiger partial charge is 1.00 e. The van der Waals surface area contributed by atoms with Crippen molar-refractivity contribution in [2.75, 3.05) is 0 Å². The molecular weight excluding hydrogens is 619 g/mol. The average Bonchev–Trinajstić information content (AvgIpc) is 3.45. The summed E-state index contributed by atoms with van der Waals surface area (Å²) >= 11 is -2.74. The first-order chi connectivity index (χ1) is 19.1. The molecule has 2 aliphatic carbocycles. The first-order valence-electron chi connectivity index (χ1n) is 13.9. The van der Waals surface area contributed by atoms with Gasteiger partial charge in [0.15, 0.2) is 0 Å². The quantitative estimate of drug-likeness (QED) is 0.280. The molecule has 5 aromatic rings. The number of fused-ring (bicyclic) bond motifs is 4. The van der Waals surface area contributed by atoms with Crippen molar-refractivity contribution in [3.63, 3.8) is 0 Å². The Bertz CT molecular complexity index is 1690. The molecular formula is C38H32Cl2Zr. The summed E-state index contributed by atoms with van der Waals surface area (Å²) in [5.41, 5.74) is 15.9. The summed E-state index contributed by atoms with van der Waals surface area (Å²) in [5.74, 6) is 0. The molecule has 0 aliphatic heterocycles. The van der Waals surface area contributed by atoms with E-state index < -0.39 is 21.3 Å². The van der Waals surface area contributed by atoms with Crippen LogP contribution in [0.4, 0.5) is 0 Å². The molecule has 0 saturated carbocycles. The molecule has 2 aliphatic rings. The summed E-state index contributed by atoms with van der Waals surface area (Å²) in [6.07, 6.45) is 2.47. The Hall–Kier alpha value is -2.83. The van der Waals surface area contributed by atoms with E-state index in [4.69, 9.17) is 0 Å². The third-order valence-electron chi connectivity index (χ3n) is 8.51. The van der Waals surface area contributed by atoms with Gasteiger partial charge in [0.05, 0.1) is 0 Å². The van der Waals surface area contributed by atoms with Crippen molar-refractivity contribution in [3.05, 3.63) is 171 Å². The predicted molar refractivity (Wildman–Crippen MR) is 162 cm³/mol. The Labute approximate surface area is 264 Å². The zero-order chi connectivity index (χ0) is 26.5. The van der Waals surface area contributed by atoms with Gasteiger partial charge in [-0.3, -0.25) is 0 Å². The van der Waals surface area contributed by atoms with Crippen molar-refractivity contribution >= 4 is 9.28 Å². The van der Waals surface area contributed by atoms with Crippen LogP contribution in [0.3, 0.4) is 0 Å². The number of halogens is 2. The molecule has 0 aromatic heterocycles. The van der Waals surface area contributed by atoms with Gasteiger partial charge < -0.3 is 24.8 Å². The molecule has 0 saturated heterocycles. The summed E-state index contributed by atoms with van der Waals surface area (Å²) in [7, 11) is 0. The number of allylic oxidation sites excluding steroid dienone is 1. The van der Waals surface area contributed by atoms with E-state index in [9.17, 15) is 0 Å². The Kier molecular flexibility index (Phi) is 8.82. The molecule has 0 amide bonds. The van der Waals surface area contributed by atoms with E-state index in [1.807, 2.05) is 0 Å². The van der Waals surface area contributed by atoms with E-state index in [0.717, 1.165) is 0 Å². The van der Waals surface area contributed by atoms with Crippen molar-refractivity contribution in [3.8, 4) is 11.1 Å². The molecule has 0 nitrogen and oxygen atoms in total. The van der Waals surface area contributed by atoms with Gasteiger partial charge in [0.2, 0.25) is 0 Å². The number of hydrogen-bond donors (Lipinski definition) is 0. The molecule has 0 spiro atoms. The van der Waals surface area contributed by atoms with Crippen molar-refractivity contribution < 1.29 is 46.1 Å². The summed E-state index contributed by atoms with van der Waals surface area (Å²) < 4.78 is 2.54. The maximum Gasteiger partial charge on any atom is -1.00 e. The Balaban J connectivity index is 0.00000169. The van der Waals surface area contributed by atoms with Gasteiger partial charge in [-0.05, 0) is 0 Å². The minimum Gasteiger partial charge on any atom is -1.00 e. The molecule has 0 heterocycles. The zero-order valence-corrected chi connectivity index (χ0v) is 27.5. The number of aryl methyl sites for hydroxylation is 2. The van der Waals surface area contributed by atoms with Crippen LogP contribution in [-0.2, 0) is 21.3 Å². The third kappa shape index (κ3) is 5.19. The van der Waals surface area contributed by atoms with Crippen LogP contribution in [0.5, 0.6) is 0 Å². The van der Waals surface area contributed by atoms with Gasteiger partial charge in [-0.25, -0.2) is 0 Å². The summed E-state index contributed by atoms with van der Waals surface area (Å²) in [6, 6.07) is 46.1. The van der Waals surface area contributed by atoms with Crippen LogP contribution >= 0.6 is 0 Å². The van der Waals surface area contributed by atoms with E-state index >= 15 is 0 Å². The second kappa shape index (κ2) is 12.2. The first-order valence-corrected chi connectivity index (χ1v) is 18.0. The fourth-order valence-corrected chi connectivity index (χ4v) is 17.3. The van der Waals surface area contributed by atoms with Crippen molar-refractivity contribution in [1.29, 1.82) is 0 Å². The summed E-state index contributed by atoms with van der Waals surface area (Å²) in [5, 5.41) is 0. The molecule has 5 aromatic carbocycles. The number of benzene rings is 5. The van der Waals surface area contributed by atoms with E-state index in [1.165, 1.54) is 50.1 Å². The second-order valence-electron chi connectivity index (χ2n) is 11.1. The van der Waals surface area contributed by atoms with Gasteiger partial charge in [-0.2, -0.15) is 0 Å². The van der Waals surface area contributed by atoms with E-state index in [1.54, 1.807) is 14.3 Å². The van der Waals surface area contributed by atoms with Crippen LogP contribution in [0, 0.1) is 13.8 Å². The fourth-order valence-electron chi connectivity index (χ4n) is 6.89. The van der Waals surface area contributed by atoms with Gasteiger partial charge >= 0.3 is 241 Å². The molecule has 1 unspecified atom stereocenters. The fraction of sp³-hybridized carbons (Fsp3) is 0.132. The SMILES string of the molecule is CC1=Cc2ccccc2[CH]1[Zr+2](=[C](c1ccccc1)c1ccccc1)[CH]1c2cc(C)ccc2-c2ccc(C)cc21.[Cl-].[Cl-]. The van der Waals surface area contributed by atoms with E-state index in [-0.39, 0.29) is 24.8 Å². The van der Waals surface area contributed by atoms with Crippen LogP contribution in [0.25, 0.3) is 17.2 Å². The largest absolute Gasteiger partial charge is 1.00 e. The number of hydrogen-bond acceptors (Lipinski definition) is 0. The molecule has 0 fully saturated rings. The van der Waals surface area contributed by atoms with Crippen LogP contribution in [0.15, 0.2) is 127 Å².